The van der Waals surface area contributed by atoms with E-state index in [0.717, 1.165) is 13.0 Å². The Bertz CT molecular complexity index is 226. The summed E-state index contributed by atoms with van der Waals surface area (Å²) in [5.74, 6) is 0.303. The van der Waals surface area contributed by atoms with Gasteiger partial charge in [0.2, 0.25) is 11.8 Å². The lowest BCUT2D eigenvalue weighted by Gasteiger charge is -2.22. The molecule has 2 amide bonds. The molecule has 0 saturated carbocycles. The first-order valence-corrected chi connectivity index (χ1v) is 5.16. The quantitative estimate of drug-likeness (QED) is 0.644. The Morgan fingerprint density at radius 2 is 2.21 bits per heavy atom. The summed E-state index contributed by atoms with van der Waals surface area (Å²) < 4.78 is 0. The maximum Gasteiger partial charge on any atom is 0.243 e. The van der Waals surface area contributed by atoms with Crippen molar-refractivity contribution in [1.82, 2.24) is 10.6 Å². The van der Waals surface area contributed by atoms with Crippen LogP contribution in [0.25, 0.3) is 0 Å². The fourth-order valence-electron chi connectivity index (χ4n) is 1.43. The average molecular weight is 198 g/mol. The van der Waals surface area contributed by atoms with E-state index in [1.807, 2.05) is 0 Å². The van der Waals surface area contributed by atoms with Crippen LogP contribution in [0.3, 0.4) is 0 Å². The second-order valence-electron chi connectivity index (χ2n) is 4.14. The number of hydrogen-bond donors (Lipinski definition) is 2. The Morgan fingerprint density at radius 1 is 1.50 bits per heavy atom. The largest absolute Gasteiger partial charge is 0.306 e. The van der Waals surface area contributed by atoms with Crippen LogP contribution in [0, 0.1) is 5.92 Å². The highest BCUT2D eigenvalue weighted by Gasteiger charge is 2.25. The van der Waals surface area contributed by atoms with E-state index in [-0.39, 0.29) is 17.9 Å². The molecule has 1 heterocycles. The van der Waals surface area contributed by atoms with Gasteiger partial charge in [-0.2, -0.15) is 0 Å². The van der Waals surface area contributed by atoms with Gasteiger partial charge in [0.05, 0.1) is 6.04 Å². The number of piperidine rings is 1. The molecule has 0 aromatic rings. The summed E-state index contributed by atoms with van der Waals surface area (Å²) in [6, 6.07) is -0.175. The highest BCUT2D eigenvalue weighted by Crippen LogP contribution is 2.05. The molecule has 0 aromatic carbocycles. The molecule has 1 rings (SSSR count). The molecule has 1 unspecified atom stereocenters. The first-order valence-electron chi connectivity index (χ1n) is 5.16. The van der Waals surface area contributed by atoms with E-state index in [1.54, 1.807) is 0 Å². The summed E-state index contributed by atoms with van der Waals surface area (Å²) in [5, 5.41) is 5.49. The van der Waals surface area contributed by atoms with Crippen LogP contribution in [0.1, 0.15) is 33.1 Å². The molecule has 1 saturated heterocycles. The van der Waals surface area contributed by atoms with Gasteiger partial charge in [0.1, 0.15) is 0 Å². The monoisotopic (exact) mass is 198 g/mol. The van der Waals surface area contributed by atoms with Gasteiger partial charge in [0.15, 0.2) is 0 Å². The van der Waals surface area contributed by atoms with Crippen LogP contribution in [0.15, 0.2) is 0 Å². The molecule has 1 atom stereocenters. The lowest BCUT2D eigenvalue weighted by molar-refractivity contribution is -0.134. The second kappa shape index (κ2) is 5.10. The van der Waals surface area contributed by atoms with Crippen molar-refractivity contribution in [2.45, 2.75) is 39.2 Å². The Kier molecular flexibility index (Phi) is 4.07. The zero-order valence-corrected chi connectivity index (χ0v) is 8.80. The van der Waals surface area contributed by atoms with E-state index >= 15 is 0 Å². The number of imide groups is 1. The molecule has 14 heavy (non-hydrogen) atoms. The summed E-state index contributed by atoms with van der Waals surface area (Å²) in [6.07, 6.45) is 2.13. The molecule has 0 aliphatic carbocycles. The van der Waals surface area contributed by atoms with Crippen LogP contribution >= 0.6 is 0 Å². The van der Waals surface area contributed by atoms with Crippen molar-refractivity contribution in [3.63, 3.8) is 0 Å². The number of carbonyl (C=O) groups excluding carboxylic acids is 2. The van der Waals surface area contributed by atoms with E-state index in [0.29, 0.717) is 18.8 Å². The number of amides is 2. The van der Waals surface area contributed by atoms with Crippen LogP contribution in [-0.4, -0.2) is 24.4 Å². The SMILES string of the molecule is CC(C)CCNC1CCC(=O)NC1=O. The van der Waals surface area contributed by atoms with E-state index in [9.17, 15) is 9.59 Å². The molecule has 2 N–H and O–H groups in total. The number of rotatable bonds is 4. The van der Waals surface area contributed by atoms with Crippen molar-refractivity contribution in [3.8, 4) is 0 Å². The summed E-state index contributed by atoms with van der Waals surface area (Å²) >= 11 is 0. The van der Waals surface area contributed by atoms with Crippen molar-refractivity contribution in [2.24, 2.45) is 5.92 Å². The molecule has 1 aliphatic heterocycles. The number of hydrogen-bond acceptors (Lipinski definition) is 3. The lowest BCUT2D eigenvalue weighted by atomic mass is 10.1. The standard InChI is InChI=1S/C10H18N2O2/c1-7(2)5-6-11-8-3-4-9(13)12-10(8)14/h7-8,11H,3-6H2,1-2H3,(H,12,13,14). The third-order valence-corrected chi connectivity index (χ3v) is 2.35. The minimum Gasteiger partial charge on any atom is -0.306 e. The van der Waals surface area contributed by atoms with Crippen LogP contribution in [0.2, 0.25) is 0 Å². The van der Waals surface area contributed by atoms with Crippen molar-refractivity contribution in [2.75, 3.05) is 6.54 Å². The topological polar surface area (TPSA) is 58.2 Å². The molecular weight excluding hydrogens is 180 g/mol. The fraction of sp³-hybridized carbons (Fsp3) is 0.800. The minimum atomic E-state index is -0.176. The molecule has 0 radical (unpaired) electrons. The first kappa shape index (κ1) is 11.2. The summed E-state index contributed by atoms with van der Waals surface area (Å²) in [7, 11) is 0. The molecule has 4 heteroatoms. The second-order valence-corrected chi connectivity index (χ2v) is 4.14. The Balaban J connectivity index is 2.24. The van der Waals surface area contributed by atoms with Gasteiger partial charge < -0.3 is 5.32 Å². The van der Waals surface area contributed by atoms with Crippen LogP contribution < -0.4 is 10.6 Å². The zero-order valence-electron chi connectivity index (χ0n) is 8.80. The third kappa shape index (κ3) is 3.46. The Labute approximate surface area is 84.4 Å². The summed E-state index contributed by atoms with van der Waals surface area (Å²) in [4.78, 5) is 22.1. The lowest BCUT2D eigenvalue weighted by Crippen LogP contribution is -2.50. The van der Waals surface area contributed by atoms with Crippen LogP contribution in [0.5, 0.6) is 0 Å². The summed E-state index contributed by atoms with van der Waals surface area (Å²) in [6.45, 7) is 5.13. The van der Waals surface area contributed by atoms with Crippen LogP contribution in [0.4, 0.5) is 0 Å². The molecule has 80 valence electrons. The van der Waals surface area contributed by atoms with E-state index in [2.05, 4.69) is 24.5 Å². The number of nitrogens with one attached hydrogen (secondary N) is 2. The van der Waals surface area contributed by atoms with Crippen molar-refractivity contribution < 1.29 is 9.59 Å². The van der Waals surface area contributed by atoms with Gasteiger partial charge >= 0.3 is 0 Å². The predicted molar refractivity (Wildman–Crippen MR) is 53.6 cm³/mol. The highest BCUT2D eigenvalue weighted by atomic mass is 16.2. The highest BCUT2D eigenvalue weighted by molar-refractivity contribution is 6.00. The molecule has 1 fully saturated rings. The van der Waals surface area contributed by atoms with Gasteiger partial charge in [-0.1, -0.05) is 13.8 Å². The predicted octanol–water partition coefficient (Wildman–Crippen LogP) is 0.427. The molecule has 4 nitrogen and oxygen atoms in total. The van der Waals surface area contributed by atoms with Gasteiger partial charge in [-0.25, -0.2) is 0 Å². The third-order valence-electron chi connectivity index (χ3n) is 2.35. The molecule has 1 aliphatic rings. The van der Waals surface area contributed by atoms with E-state index < -0.39 is 0 Å². The van der Waals surface area contributed by atoms with Crippen molar-refractivity contribution in [1.29, 1.82) is 0 Å². The van der Waals surface area contributed by atoms with Crippen LogP contribution in [-0.2, 0) is 9.59 Å². The molecular formula is C10H18N2O2. The molecule has 0 spiro atoms. The van der Waals surface area contributed by atoms with Crippen molar-refractivity contribution in [3.05, 3.63) is 0 Å². The fourth-order valence-corrected chi connectivity index (χ4v) is 1.43. The van der Waals surface area contributed by atoms with Gasteiger partial charge in [-0.3, -0.25) is 14.9 Å². The number of carbonyl (C=O) groups is 2. The Morgan fingerprint density at radius 3 is 2.79 bits per heavy atom. The molecule has 0 bridgehead atoms. The van der Waals surface area contributed by atoms with Gasteiger partial charge in [0, 0.05) is 6.42 Å². The maximum atomic E-state index is 11.3. The smallest absolute Gasteiger partial charge is 0.243 e. The van der Waals surface area contributed by atoms with E-state index in [4.69, 9.17) is 0 Å². The molecule has 0 aromatic heterocycles. The van der Waals surface area contributed by atoms with Gasteiger partial charge in [-0.15, -0.1) is 0 Å². The van der Waals surface area contributed by atoms with E-state index in [1.165, 1.54) is 0 Å². The first-order chi connectivity index (χ1) is 6.59. The zero-order chi connectivity index (χ0) is 10.6. The Hall–Kier alpha value is -0.900. The van der Waals surface area contributed by atoms with Gasteiger partial charge in [0.25, 0.3) is 0 Å². The van der Waals surface area contributed by atoms with Gasteiger partial charge in [-0.05, 0) is 25.3 Å². The maximum absolute atomic E-state index is 11.3. The normalized spacial score (nSPS) is 22.6. The van der Waals surface area contributed by atoms with Crippen molar-refractivity contribution >= 4 is 11.8 Å². The average Bonchev–Trinajstić information content (AvgIpc) is 2.08. The summed E-state index contributed by atoms with van der Waals surface area (Å²) in [5.41, 5.74) is 0. The minimum absolute atomic E-state index is 0.156.